The lowest BCUT2D eigenvalue weighted by Crippen LogP contribution is -1.94. The second-order valence-corrected chi connectivity index (χ2v) is 4.60. The highest BCUT2D eigenvalue weighted by molar-refractivity contribution is 9.10. The van der Waals surface area contributed by atoms with Gasteiger partial charge in [0.15, 0.2) is 11.5 Å². The molecule has 0 aliphatic rings. The molecular formula is C10H12BrN3O. The summed E-state index contributed by atoms with van der Waals surface area (Å²) in [5, 5.41) is 13.4. The van der Waals surface area contributed by atoms with Crippen LogP contribution in [0.4, 0.5) is 0 Å². The number of rotatable bonds is 2. The predicted molar refractivity (Wildman–Crippen MR) is 60.7 cm³/mol. The maximum absolute atomic E-state index is 9.06. The Bertz CT molecular complexity index is 493. The Morgan fingerprint density at radius 2 is 2.27 bits per heavy atom. The van der Waals surface area contributed by atoms with Crippen molar-refractivity contribution in [2.24, 2.45) is 0 Å². The van der Waals surface area contributed by atoms with Crippen molar-refractivity contribution in [3.8, 4) is 0 Å². The zero-order valence-electron chi connectivity index (χ0n) is 8.61. The van der Waals surface area contributed by atoms with Gasteiger partial charge in [-0.2, -0.15) is 5.10 Å². The molecule has 0 spiro atoms. The molecule has 0 fully saturated rings. The van der Waals surface area contributed by atoms with Gasteiger partial charge >= 0.3 is 0 Å². The fourth-order valence-corrected chi connectivity index (χ4v) is 1.91. The van der Waals surface area contributed by atoms with Crippen LogP contribution in [0.25, 0.3) is 5.65 Å². The van der Waals surface area contributed by atoms with Crippen LogP contribution in [0.2, 0.25) is 0 Å². The van der Waals surface area contributed by atoms with Crippen LogP contribution in [0.1, 0.15) is 31.2 Å². The van der Waals surface area contributed by atoms with Crippen LogP contribution >= 0.6 is 15.9 Å². The number of nitrogens with zero attached hydrogens (tertiary/aromatic N) is 3. The first-order valence-corrected chi connectivity index (χ1v) is 5.56. The monoisotopic (exact) mass is 269 g/mol. The Morgan fingerprint density at radius 1 is 1.53 bits per heavy atom. The molecule has 2 aromatic heterocycles. The molecule has 0 saturated heterocycles. The number of hydrogen-bond acceptors (Lipinski definition) is 3. The highest BCUT2D eigenvalue weighted by atomic mass is 79.9. The number of aliphatic hydroxyl groups excluding tert-OH is 1. The van der Waals surface area contributed by atoms with Gasteiger partial charge in [0.2, 0.25) is 0 Å². The van der Waals surface area contributed by atoms with Crippen molar-refractivity contribution < 1.29 is 5.11 Å². The summed E-state index contributed by atoms with van der Waals surface area (Å²) >= 11 is 3.42. The molecule has 0 aliphatic carbocycles. The van der Waals surface area contributed by atoms with Gasteiger partial charge in [-0.1, -0.05) is 13.8 Å². The molecule has 2 rings (SSSR count). The van der Waals surface area contributed by atoms with Crippen molar-refractivity contribution in [1.82, 2.24) is 14.6 Å². The quantitative estimate of drug-likeness (QED) is 0.909. The standard InChI is InChI=1S/C10H12BrN3O/c1-6(2)9-12-10-8(11)3-7(5-15)4-14(10)13-9/h3-4,6,15H,5H2,1-2H3. The Morgan fingerprint density at radius 3 is 2.87 bits per heavy atom. The summed E-state index contributed by atoms with van der Waals surface area (Å²) in [6, 6.07) is 1.86. The summed E-state index contributed by atoms with van der Waals surface area (Å²) in [6.45, 7) is 4.11. The van der Waals surface area contributed by atoms with Crippen LogP contribution in [-0.4, -0.2) is 19.7 Å². The van der Waals surface area contributed by atoms with E-state index in [2.05, 4.69) is 39.9 Å². The number of halogens is 1. The first kappa shape index (κ1) is 10.6. The average molecular weight is 270 g/mol. The number of hydrogen-bond donors (Lipinski definition) is 1. The molecule has 0 unspecified atom stereocenters. The summed E-state index contributed by atoms with van der Waals surface area (Å²) in [7, 11) is 0. The van der Waals surface area contributed by atoms with Crippen LogP contribution in [-0.2, 0) is 6.61 Å². The minimum Gasteiger partial charge on any atom is -0.392 e. The van der Waals surface area contributed by atoms with E-state index >= 15 is 0 Å². The van der Waals surface area contributed by atoms with Crippen molar-refractivity contribution in [3.05, 3.63) is 28.1 Å². The van der Waals surface area contributed by atoms with Gasteiger partial charge in [0.25, 0.3) is 0 Å². The van der Waals surface area contributed by atoms with Gasteiger partial charge in [-0.15, -0.1) is 0 Å². The molecular weight excluding hydrogens is 258 g/mol. The zero-order chi connectivity index (χ0) is 11.0. The third-order valence-electron chi connectivity index (χ3n) is 2.16. The van der Waals surface area contributed by atoms with Gasteiger partial charge in [0.05, 0.1) is 11.1 Å². The van der Waals surface area contributed by atoms with Crippen LogP contribution in [0, 0.1) is 0 Å². The summed E-state index contributed by atoms with van der Waals surface area (Å²) in [4.78, 5) is 4.41. The van der Waals surface area contributed by atoms with E-state index in [1.165, 1.54) is 0 Å². The highest BCUT2D eigenvalue weighted by Crippen LogP contribution is 2.20. The minimum atomic E-state index is 0.00537. The third kappa shape index (κ3) is 1.89. The molecule has 0 radical (unpaired) electrons. The van der Waals surface area contributed by atoms with E-state index in [1.807, 2.05) is 6.07 Å². The van der Waals surface area contributed by atoms with Gasteiger partial charge in [0, 0.05) is 12.1 Å². The lowest BCUT2D eigenvalue weighted by Gasteiger charge is -1.98. The molecule has 0 saturated carbocycles. The van der Waals surface area contributed by atoms with E-state index in [-0.39, 0.29) is 6.61 Å². The normalized spacial score (nSPS) is 11.5. The molecule has 4 nitrogen and oxygen atoms in total. The Labute approximate surface area is 96.1 Å². The fourth-order valence-electron chi connectivity index (χ4n) is 1.35. The molecule has 0 amide bonds. The number of fused-ring (bicyclic) bond motifs is 1. The van der Waals surface area contributed by atoms with Crippen LogP contribution in [0.5, 0.6) is 0 Å². The summed E-state index contributed by atoms with van der Waals surface area (Å²) in [5.74, 6) is 1.11. The van der Waals surface area contributed by atoms with Crippen molar-refractivity contribution in [2.75, 3.05) is 0 Å². The summed E-state index contributed by atoms with van der Waals surface area (Å²) in [5.41, 5.74) is 1.60. The van der Waals surface area contributed by atoms with Gasteiger partial charge in [-0.05, 0) is 27.6 Å². The predicted octanol–water partition coefficient (Wildman–Crippen LogP) is 2.11. The molecule has 0 aromatic carbocycles. The highest BCUT2D eigenvalue weighted by Gasteiger charge is 2.10. The minimum absolute atomic E-state index is 0.00537. The number of pyridine rings is 1. The van der Waals surface area contributed by atoms with Crippen LogP contribution in [0.3, 0.4) is 0 Å². The van der Waals surface area contributed by atoms with Crippen molar-refractivity contribution in [2.45, 2.75) is 26.4 Å². The Hall–Kier alpha value is -0.940. The maximum Gasteiger partial charge on any atom is 0.169 e. The molecule has 2 aromatic rings. The maximum atomic E-state index is 9.06. The zero-order valence-corrected chi connectivity index (χ0v) is 10.2. The van der Waals surface area contributed by atoms with E-state index in [4.69, 9.17) is 5.11 Å². The van der Waals surface area contributed by atoms with E-state index in [9.17, 15) is 0 Å². The summed E-state index contributed by atoms with van der Waals surface area (Å²) in [6.07, 6.45) is 1.79. The smallest absolute Gasteiger partial charge is 0.169 e. The van der Waals surface area contributed by atoms with E-state index in [1.54, 1.807) is 10.7 Å². The molecule has 1 N–H and O–H groups in total. The van der Waals surface area contributed by atoms with Gasteiger partial charge < -0.3 is 5.11 Å². The molecule has 80 valence electrons. The Balaban J connectivity index is 2.64. The fraction of sp³-hybridized carbons (Fsp3) is 0.400. The van der Waals surface area contributed by atoms with Crippen molar-refractivity contribution in [1.29, 1.82) is 0 Å². The van der Waals surface area contributed by atoms with Crippen molar-refractivity contribution >= 4 is 21.6 Å². The average Bonchev–Trinajstić information content (AvgIpc) is 2.61. The van der Waals surface area contributed by atoms with Crippen LogP contribution < -0.4 is 0 Å². The van der Waals surface area contributed by atoms with Gasteiger partial charge in [-0.25, -0.2) is 9.50 Å². The largest absolute Gasteiger partial charge is 0.392 e. The molecule has 2 heterocycles. The lowest BCUT2D eigenvalue weighted by atomic mass is 10.2. The van der Waals surface area contributed by atoms with Crippen molar-refractivity contribution in [3.63, 3.8) is 0 Å². The van der Waals surface area contributed by atoms with E-state index in [0.29, 0.717) is 5.92 Å². The Kier molecular flexibility index (Phi) is 2.75. The summed E-state index contributed by atoms with van der Waals surface area (Å²) < 4.78 is 2.55. The third-order valence-corrected chi connectivity index (χ3v) is 2.74. The second kappa shape index (κ2) is 3.90. The van der Waals surface area contributed by atoms with Gasteiger partial charge in [0.1, 0.15) is 0 Å². The molecule has 15 heavy (non-hydrogen) atoms. The first-order chi connectivity index (χ1) is 7.11. The molecule has 0 atom stereocenters. The number of aromatic nitrogens is 3. The molecule has 5 heteroatoms. The van der Waals surface area contributed by atoms with E-state index < -0.39 is 0 Å². The second-order valence-electron chi connectivity index (χ2n) is 3.75. The first-order valence-electron chi connectivity index (χ1n) is 4.77. The SMILES string of the molecule is CC(C)c1nc2c(Br)cc(CO)cn2n1. The topological polar surface area (TPSA) is 50.4 Å². The molecule has 0 bridgehead atoms. The van der Waals surface area contributed by atoms with Crippen LogP contribution in [0.15, 0.2) is 16.7 Å². The van der Waals surface area contributed by atoms with Gasteiger partial charge in [-0.3, -0.25) is 0 Å². The van der Waals surface area contributed by atoms with E-state index in [0.717, 1.165) is 21.5 Å². The molecule has 0 aliphatic heterocycles. The number of aliphatic hydroxyl groups is 1. The lowest BCUT2D eigenvalue weighted by molar-refractivity contribution is 0.281.